The molecule has 0 aromatic heterocycles. The molecule has 3 N–H and O–H groups in total. The number of hydrogen-bond donors (Lipinski definition) is 2. The highest BCUT2D eigenvalue weighted by atomic mass is 32.2. The molecular formula is C10H9F2N3O4S. The molecule has 1 aromatic carbocycles. The predicted molar refractivity (Wildman–Crippen MR) is 61.8 cm³/mol. The molecule has 0 fully saturated rings. The zero-order chi connectivity index (χ0) is 15.3. The number of benzene rings is 1. The number of amides is 1. The van der Waals surface area contributed by atoms with E-state index in [0.29, 0.717) is 12.1 Å². The van der Waals surface area contributed by atoms with E-state index in [9.17, 15) is 22.0 Å². The standard InChI is InChI=1S/C10H9F2N3O4S/c11-7-3-6(20(14,17)18)4-8(12)10(7)19-5-9(16)15-2-1-13/h3-4H,2,5H2,(H,15,16)(H2,14,17,18). The second-order valence-electron chi connectivity index (χ2n) is 3.48. The molecule has 0 saturated carbocycles. The van der Waals surface area contributed by atoms with Gasteiger partial charge in [-0.3, -0.25) is 4.79 Å². The van der Waals surface area contributed by atoms with Crippen LogP contribution in [0.1, 0.15) is 0 Å². The SMILES string of the molecule is N#CCNC(=O)COc1c(F)cc(S(N)(=O)=O)cc1F. The molecular weight excluding hydrogens is 296 g/mol. The second kappa shape index (κ2) is 6.27. The molecule has 0 atom stereocenters. The number of carbonyl (C=O) groups excluding carboxylic acids is 1. The number of sulfonamides is 1. The van der Waals surface area contributed by atoms with Crippen molar-refractivity contribution in [2.24, 2.45) is 5.14 Å². The highest BCUT2D eigenvalue weighted by Crippen LogP contribution is 2.24. The fraction of sp³-hybridized carbons (Fsp3) is 0.200. The lowest BCUT2D eigenvalue weighted by Gasteiger charge is -2.09. The third-order valence-electron chi connectivity index (χ3n) is 2.01. The quantitative estimate of drug-likeness (QED) is 0.719. The van der Waals surface area contributed by atoms with Crippen LogP contribution in [0.2, 0.25) is 0 Å². The molecule has 7 nitrogen and oxygen atoms in total. The van der Waals surface area contributed by atoms with Gasteiger partial charge in [-0.25, -0.2) is 22.3 Å². The lowest BCUT2D eigenvalue weighted by atomic mass is 10.3. The summed E-state index contributed by atoms with van der Waals surface area (Å²) in [6.07, 6.45) is 0. The Balaban J connectivity index is 2.88. The van der Waals surface area contributed by atoms with Crippen LogP contribution in [0.4, 0.5) is 8.78 Å². The van der Waals surface area contributed by atoms with Gasteiger partial charge in [0.05, 0.1) is 11.0 Å². The summed E-state index contributed by atoms with van der Waals surface area (Å²) in [7, 11) is -4.26. The molecule has 1 amide bonds. The minimum Gasteiger partial charge on any atom is -0.478 e. The van der Waals surface area contributed by atoms with Crippen LogP contribution in [-0.2, 0) is 14.8 Å². The summed E-state index contributed by atoms with van der Waals surface area (Å²) in [4.78, 5) is 10.3. The number of nitrogens with one attached hydrogen (secondary N) is 1. The third kappa shape index (κ3) is 4.15. The second-order valence-corrected chi connectivity index (χ2v) is 5.05. The molecule has 20 heavy (non-hydrogen) atoms. The van der Waals surface area contributed by atoms with E-state index in [1.165, 1.54) is 0 Å². The molecule has 10 heteroatoms. The van der Waals surface area contributed by atoms with Crippen LogP contribution in [-0.4, -0.2) is 27.5 Å². The largest absolute Gasteiger partial charge is 0.478 e. The third-order valence-corrected chi connectivity index (χ3v) is 2.91. The van der Waals surface area contributed by atoms with E-state index in [1.54, 1.807) is 6.07 Å². The highest BCUT2D eigenvalue weighted by Gasteiger charge is 2.18. The maximum Gasteiger partial charge on any atom is 0.258 e. The van der Waals surface area contributed by atoms with Gasteiger partial charge >= 0.3 is 0 Å². The van der Waals surface area contributed by atoms with Gasteiger partial charge in [-0.1, -0.05) is 0 Å². The van der Waals surface area contributed by atoms with E-state index < -0.39 is 44.8 Å². The van der Waals surface area contributed by atoms with Crippen LogP contribution in [0.5, 0.6) is 5.75 Å². The topological polar surface area (TPSA) is 122 Å². The average Bonchev–Trinajstić information content (AvgIpc) is 2.34. The van der Waals surface area contributed by atoms with E-state index in [-0.39, 0.29) is 6.54 Å². The smallest absolute Gasteiger partial charge is 0.258 e. The number of halogens is 2. The lowest BCUT2D eigenvalue weighted by molar-refractivity contribution is -0.122. The van der Waals surface area contributed by atoms with E-state index in [0.717, 1.165) is 0 Å². The van der Waals surface area contributed by atoms with Gasteiger partial charge < -0.3 is 10.1 Å². The van der Waals surface area contributed by atoms with E-state index in [4.69, 9.17) is 10.4 Å². The molecule has 0 aliphatic rings. The molecule has 1 rings (SSSR count). The highest BCUT2D eigenvalue weighted by molar-refractivity contribution is 7.89. The Bertz CT molecular complexity index is 647. The van der Waals surface area contributed by atoms with Crippen LogP contribution in [0.15, 0.2) is 17.0 Å². The Labute approximate surface area is 113 Å². The molecule has 1 aromatic rings. The monoisotopic (exact) mass is 305 g/mol. The molecule has 0 aliphatic heterocycles. The summed E-state index contributed by atoms with van der Waals surface area (Å²) < 4.78 is 53.4. The maximum absolute atomic E-state index is 13.5. The fourth-order valence-electron chi connectivity index (χ4n) is 1.17. The number of carbonyl (C=O) groups is 1. The van der Waals surface area contributed by atoms with Crippen LogP contribution >= 0.6 is 0 Å². The van der Waals surface area contributed by atoms with Gasteiger partial charge in [0, 0.05) is 0 Å². The average molecular weight is 305 g/mol. The van der Waals surface area contributed by atoms with Crippen molar-refractivity contribution in [2.75, 3.05) is 13.2 Å². The van der Waals surface area contributed by atoms with E-state index in [2.05, 4.69) is 10.1 Å². The van der Waals surface area contributed by atoms with Crippen molar-refractivity contribution in [1.82, 2.24) is 5.32 Å². The van der Waals surface area contributed by atoms with Crippen molar-refractivity contribution in [3.8, 4) is 11.8 Å². The Hall–Kier alpha value is -2.25. The zero-order valence-electron chi connectivity index (χ0n) is 9.89. The van der Waals surface area contributed by atoms with Gasteiger partial charge in [-0.05, 0) is 12.1 Å². The number of hydrogen-bond acceptors (Lipinski definition) is 5. The first-order valence-electron chi connectivity index (χ1n) is 5.04. The van der Waals surface area contributed by atoms with Crippen molar-refractivity contribution < 1.29 is 26.7 Å². The lowest BCUT2D eigenvalue weighted by Crippen LogP contribution is -2.29. The molecule has 0 bridgehead atoms. The van der Waals surface area contributed by atoms with E-state index in [1.807, 2.05) is 0 Å². The van der Waals surface area contributed by atoms with Gasteiger partial charge in [-0.15, -0.1) is 0 Å². The first kappa shape index (κ1) is 15.8. The Morgan fingerprint density at radius 3 is 2.40 bits per heavy atom. The van der Waals surface area contributed by atoms with Gasteiger partial charge in [0.1, 0.15) is 6.54 Å². The fourth-order valence-corrected chi connectivity index (χ4v) is 1.70. The zero-order valence-corrected chi connectivity index (χ0v) is 10.7. The van der Waals surface area contributed by atoms with Gasteiger partial charge in [-0.2, -0.15) is 5.26 Å². The summed E-state index contributed by atoms with van der Waals surface area (Å²) >= 11 is 0. The van der Waals surface area contributed by atoms with Gasteiger partial charge in [0.15, 0.2) is 24.0 Å². The van der Waals surface area contributed by atoms with Crippen molar-refractivity contribution >= 4 is 15.9 Å². The molecule has 0 aliphatic carbocycles. The predicted octanol–water partition coefficient (Wildman–Crippen LogP) is -0.369. The molecule has 0 spiro atoms. The molecule has 0 unspecified atom stereocenters. The summed E-state index contributed by atoms with van der Waals surface area (Å²) in [6, 6.07) is 2.57. The van der Waals surface area contributed by atoms with Gasteiger partial charge in [0.25, 0.3) is 5.91 Å². The van der Waals surface area contributed by atoms with Crippen LogP contribution < -0.4 is 15.2 Å². The Morgan fingerprint density at radius 1 is 1.40 bits per heavy atom. The number of primary sulfonamides is 1. The number of ether oxygens (including phenoxy) is 1. The van der Waals surface area contributed by atoms with E-state index >= 15 is 0 Å². The number of nitrogens with zero attached hydrogens (tertiary/aromatic N) is 1. The van der Waals surface area contributed by atoms with Crippen molar-refractivity contribution in [3.05, 3.63) is 23.8 Å². The Morgan fingerprint density at radius 2 is 1.95 bits per heavy atom. The van der Waals surface area contributed by atoms with Crippen LogP contribution in [0.3, 0.4) is 0 Å². The minimum absolute atomic E-state index is 0.280. The van der Waals surface area contributed by atoms with Crippen LogP contribution in [0.25, 0.3) is 0 Å². The minimum atomic E-state index is -4.26. The number of nitrogens with two attached hydrogens (primary N) is 1. The number of rotatable bonds is 5. The summed E-state index contributed by atoms with van der Waals surface area (Å²) in [6.45, 7) is -1.01. The molecule has 0 radical (unpaired) electrons. The summed E-state index contributed by atoms with van der Waals surface area (Å²) in [5, 5.41) is 15.0. The summed E-state index contributed by atoms with van der Waals surface area (Å²) in [5.41, 5.74) is 0. The van der Waals surface area contributed by atoms with Crippen molar-refractivity contribution in [1.29, 1.82) is 5.26 Å². The first-order valence-corrected chi connectivity index (χ1v) is 6.58. The number of nitriles is 1. The Kier molecular flexibility index (Phi) is 4.95. The maximum atomic E-state index is 13.5. The van der Waals surface area contributed by atoms with Crippen LogP contribution in [0, 0.1) is 23.0 Å². The first-order chi connectivity index (χ1) is 9.25. The molecule has 108 valence electrons. The van der Waals surface area contributed by atoms with Crippen molar-refractivity contribution in [2.45, 2.75) is 4.90 Å². The summed E-state index contributed by atoms with van der Waals surface area (Å²) in [5.74, 6) is -4.31. The normalized spacial score (nSPS) is 10.7. The molecule has 0 heterocycles. The molecule has 0 saturated heterocycles. The van der Waals surface area contributed by atoms with Crippen molar-refractivity contribution in [3.63, 3.8) is 0 Å². The van der Waals surface area contributed by atoms with Gasteiger partial charge in [0.2, 0.25) is 10.0 Å².